The summed E-state index contributed by atoms with van der Waals surface area (Å²) in [6, 6.07) is 16.3. The van der Waals surface area contributed by atoms with E-state index in [1.165, 1.54) is 31.2 Å². The molecule has 2 rings (SSSR count). The van der Waals surface area contributed by atoms with Crippen molar-refractivity contribution in [1.82, 2.24) is 10.2 Å². The lowest BCUT2D eigenvalue weighted by atomic mass is 9.64. The van der Waals surface area contributed by atoms with Gasteiger partial charge in [0.25, 0.3) is 0 Å². The van der Waals surface area contributed by atoms with Gasteiger partial charge in [-0.1, -0.05) is 102 Å². The summed E-state index contributed by atoms with van der Waals surface area (Å²) in [4.78, 5) is 59.0. The second-order valence-corrected chi connectivity index (χ2v) is 13.0. The van der Waals surface area contributed by atoms with Crippen molar-refractivity contribution in [1.29, 1.82) is 0 Å². The molecule has 0 aliphatic heterocycles. The number of nitrogens with zero attached hydrogens (tertiary/aromatic N) is 1. The van der Waals surface area contributed by atoms with Crippen LogP contribution in [0.15, 0.2) is 60.7 Å². The van der Waals surface area contributed by atoms with E-state index in [-0.39, 0.29) is 18.0 Å². The van der Waals surface area contributed by atoms with E-state index < -0.39 is 64.9 Å². The van der Waals surface area contributed by atoms with Gasteiger partial charge in [-0.2, -0.15) is 0 Å². The molecule has 0 amide bonds. The minimum atomic E-state index is -2.76. The zero-order chi connectivity index (χ0) is 35.5. The Hall–Kier alpha value is -3.24. The summed E-state index contributed by atoms with van der Waals surface area (Å²) in [5, 5.41) is 33.4. The van der Waals surface area contributed by atoms with Crippen LogP contribution in [-0.4, -0.2) is 74.3 Å². The molecular formula is C37H54N2O7. The van der Waals surface area contributed by atoms with Crippen LogP contribution in [0.3, 0.4) is 0 Å². The van der Waals surface area contributed by atoms with E-state index in [0.717, 1.165) is 17.3 Å². The number of hydrogen-bond donors (Lipinski definition) is 4. The first-order chi connectivity index (χ1) is 22.1. The maximum atomic E-state index is 15.2. The van der Waals surface area contributed by atoms with Crippen LogP contribution in [0.5, 0.6) is 0 Å². The first-order valence-corrected chi connectivity index (χ1v) is 16.4. The van der Waals surface area contributed by atoms with E-state index in [1.54, 1.807) is 26.8 Å². The quantitative estimate of drug-likeness (QED) is 0.142. The molecule has 46 heavy (non-hydrogen) atoms. The van der Waals surface area contributed by atoms with Crippen LogP contribution in [0.2, 0.25) is 1.41 Å². The molecule has 2 aromatic carbocycles. The van der Waals surface area contributed by atoms with E-state index in [0.29, 0.717) is 25.9 Å². The molecule has 9 heteroatoms. The van der Waals surface area contributed by atoms with Gasteiger partial charge in [-0.15, -0.1) is 0 Å². The molecule has 0 heterocycles. The Kier molecular flexibility index (Phi) is 14.3. The second kappa shape index (κ2) is 17.6. The molecule has 0 aliphatic carbocycles. The van der Waals surface area contributed by atoms with Gasteiger partial charge in [0.05, 0.1) is 18.4 Å². The lowest BCUT2D eigenvalue weighted by molar-refractivity contribution is -0.166. The van der Waals surface area contributed by atoms with Gasteiger partial charge in [0.1, 0.15) is 13.1 Å². The van der Waals surface area contributed by atoms with Gasteiger partial charge in [0, 0.05) is 6.54 Å². The molecule has 0 saturated heterocycles. The van der Waals surface area contributed by atoms with Crippen molar-refractivity contribution in [3.63, 3.8) is 0 Å². The van der Waals surface area contributed by atoms with Crippen molar-refractivity contribution in [2.24, 2.45) is 17.8 Å². The van der Waals surface area contributed by atoms with Gasteiger partial charge >= 0.3 is 5.97 Å². The Morgan fingerprint density at radius 2 is 1.48 bits per heavy atom. The Labute approximate surface area is 275 Å². The van der Waals surface area contributed by atoms with Gasteiger partial charge in [0.15, 0.2) is 23.0 Å². The highest BCUT2D eigenvalue weighted by atomic mass is 16.4. The third kappa shape index (κ3) is 9.18. The number of aliphatic carboxylic acids is 1. The Morgan fingerprint density at radius 1 is 0.913 bits per heavy atom. The van der Waals surface area contributed by atoms with Crippen molar-refractivity contribution in [3.05, 3.63) is 71.8 Å². The summed E-state index contributed by atoms with van der Waals surface area (Å²) in [5.74, 6) is -6.44. The normalized spacial score (nSPS) is 16.8. The van der Waals surface area contributed by atoms with Crippen LogP contribution in [0, 0.1) is 17.8 Å². The molecule has 9 nitrogen and oxygen atoms in total. The van der Waals surface area contributed by atoms with Crippen molar-refractivity contribution in [2.75, 3.05) is 13.1 Å². The van der Waals surface area contributed by atoms with Gasteiger partial charge in [0.2, 0.25) is 0 Å². The van der Waals surface area contributed by atoms with Crippen molar-refractivity contribution >= 4 is 23.3 Å². The van der Waals surface area contributed by atoms with Crippen molar-refractivity contribution in [3.8, 4) is 0 Å². The number of carboxylic acid groups (broad SMARTS) is 1. The molecule has 0 aliphatic rings. The Balaban J connectivity index is 2.91. The van der Waals surface area contributed by atoms with E-state index in [2.05, 4.69) is 0 Å². The number of benzene rings is 2. The average molecular weight is 640 g/mol. The van der Waals surface area contributed by atoms with E-state index in [1.807, 2.05) is 56.0 Å². The first-order valence-electron chi connectivity index (χ1n) is 16.9. The SMILES string of the molecule is [2H]N(CCC)[C@@](C(=O)CC(O)(C(=O)O)c1ccccc1)(C(=O)[C@@H](C)O)C(C(=O)[C@H](CC(C)C)N(CCC)Cc1ccccc1)C(C)C. The third-order valence-corrected chi connectivity index (χ3v) is 8.41. The van der Waals surface area contributed by atoms with Crippen LogP contribution in [-0.2, 0) is 31.3 Å². The van der Waals surface area contributed by atoms with Crippen LogP contribution in [0.1, 0.15) is 85.3 Å². The molecule has 0 aromatic heterocycles. The van der Waals surface area contributed by atoms with Crippen LogP contribution < -0.4 is 5.31 Å². The van der Waals surface area contributed by atoms with Gasteiger partial charge < -0.3 is 15.3 Å². The lowest BCUT2D eigenvalue weighted by Gasteiger charge is -2.45. The minimum Gasteiger partial charge on any atom is -0.479 e. The minimum absolute atomic E-state index is 0.0439. The number of carbonyl (C=O) groups excluding carboxylic acids is 3. The van der Waals surface area contributed by atoms with E-state index >= 15 is 4.79 Å². The van der Waals surface area contributed by atoms with Gasteiger partial charge in [-0.3, -0.25) is 24.6 Å². The molecule has 4 N–H and O–H groups in total. The maximum Gasteiger partial charge on any atom is 0.340 e. The largest absolute Gasteiger partial charge is 0.479 e. The first kappa shape index (κ1) is 37.2. The fourth-order valence-corrected chi connectivity index (χ4v) is 6.28. The fraction of sp³-hybridized carbons (Fsp3) is 0.568. The van der Waals surface area contributed by atoms with Crippen molar-refractivity contribution in [2.45, 2.75) is 104 Å². The number of aliphatic hydroxyl groups is 2. The number of Topliss-reactive ketones (excluding diaryl/α,β-unsaturated/α-hetero) is 3. The number of nitrogens with one attached hydrogen (secondary N) is 1. The number of hydrogen-bond acceptors (Lipinski definition) is 8. The van der Waals surface area contributed by atoms with Gasteiger partial charge in [-0.05, 0) is 62.2 Å². The second-order valence-electron chi connectivity index (χ2n) is 13.0. The molecule has 254 valence electrons. The predicted octanol–water partition coefficient (Wildman–Crippen LogP) is 4.77. The lowest BCUT2D eigenvalue weighted by Crippen LogP contribution is -2.70. The summed E-state index contributed by atoms with van der Waals surface area (Å²) in [5.41, 5.74) is -4.46. The molecular weight excluding hydrogens is 584 g/mol. The zero-order valence-electron chi connectivity index (χ0n) is 29.5. The highest BCUT2D eigenvalue weighted by Crippen LogP contribution is 2.37. The topological polar surface area (TPSA) is 144 Å². The third-order valence-electron chi connectivity index (χ3n) is 8.41. The summed E-state index contributed by atoms with van der Waals surface area (Å²) in [6.45, 7) is 13.1. The highest BCUT2D eigenvalue weighted by molar-refractivity contribution is 6.17. The predicted molar refractivity (Wildman–Crippen MR) is 179 cm³/mol. The number of carboxylic acids is 1. The monoisotopic (exact) mass is 639 g/mol. The Morgan fingerprint density at radius 3 is 1.93 bits per heavy atom. The molecule has 0 radical (unpaired) electrons. The maximum absolute atomic E-state index is 15.2. The summed E-state index contributed by atoms with van der Waals surface area (Å²) >= 11 is 0. The summed E-state index contributed by atoms with van der Waals surface area (Å²) < 4.78 is 9.20. The molecule has 0 bridgehead atoms. The molecule has 5 atom stereocenters. The van der Waals surface area contributed by atoms with E-state index in [9.17, 15) is 31.1 Å². The molecule has 0 fully saturated rings. The molecule has 2 aromatic rings. The van der Waals surface area contributed by atoms with E-state index in [4.69, 9.17) is 0 Å². The van der Waals surface area contributed by atoms with Crippen LogP contribution in [0.4, 0.5) is 0 Å². The highest BCUT2D eigenvalue weighted by Gasteiger charge is 2.59. The summed E-state index contributed by atoms with van der Waals surface area (Å²) in [6.07, 6.45) is -1.43. The average Bonchev–Trinajstić information content (AvgIpc) is 3.02. The fourth-order valence-electron chi connectivity index (χ4n) is 6.28. The van der Waals surface area contributed by atoms with Gasteiger partial charge in [-0.25, -0.2) is 4.79 Å². The zero-order valence-corrected chi connectivity index (χ0v) is 28.5. The number of ketones is 3. The number of rotatable bonds is 21. The summed E-state index contributed by atoms with van der Waals surface area (Å²) in [7, 11) is 0. The number of carbonyl (C=O) groups is 4. The molecule has 0 saturated carbocycles. The van der Waals surface area contributed by atoms with Crippen molar-refractivity contribution < 1.29 is 35.9 Å². The smallest absolute Gasteiger partial charge is 0.340 e. The molecule has 0 spiro atoms. The van der Waals surface area contributed by atoms with Crippen LogP contribution >= 0.6 is 0 Å². The number of aliphatic hydroxyl groups excluding tert-OH is 1. The molecule has 2 unspecified atom stereocenters. The van der Waals surface area contributed by atoms with Crippen LogP contribution in [0.25, 0.3) is 0 Å². The standard InChI is InChI=1S/C37H54N2O7/c1-8-20-38-37(34(43)27(7)40,31(41)23-36(46,35(44)45)29-18-14-11-15-19-29)32(26(5)6)33(42)30(22-25(3)4)39(21-9-2)24-28-16-12-10-13-17-28/h10-19,25-27,30,32,38,40,46H,8-9,20-24H2,1-7H3,(H,44,45)/t27-,30+,32?,36?,37-/m1/s1/i/hD. The Bertz CT molecular complexity index is 1320.